The summed E-state index contributed by atoms with van der Waals surface area (Å²) < 4.78 is 18.5. The van der Waals surface area contributed by atoms with Gasteiger partial charge in [0.1, 0.15) is 25.4 Å². The van der Waals surface area contributed by atoms with Gasteiger partial charge in [-0.25, -0.2) is 14.4 Å². The van der Waals surface area contributed by atoms with Gasteiger partial charge in [0, 0.05) is 21.8 Å². The lowest BCUT2D eigenvalue weighted by molar-refractivity contribution is -0.152. The first kappa shape index (κ1) is 28.2. The SMILES string of the molecule is O=C(NC12Cc3c(-c4ccc(Br)cc4)cc(c(-c4ccc(Br)cc4)c3C1)C(=O)OCCOC2=O)OCc1ccccc1. The van der Waals surface area contributed by atoms with E-state index in [0.29, 0.717) is 11.1 Å². The zero-order chi connectivity index (χ0) is 29.3. The highest BCUT2D eigenvalue weighted by Crippen LogP contribution is 2.45. The lowest BCUT2D eigenvalue weighted by Gasteiger charge is -2.27. The van der Waals surface area contributed by atoms with E-state index in [9.17, 15) is 14.4 Å². The summed E-state index contributed by atoms with van der Waals surface area (Å²) in [6.45, 7) is -0.211. The Labute approximate surface area is 259 Å². The number of amides is 1. The van der Waals surface area contributed by atoms with Gasteiger partial charge in [-0.15, -0.1) is 0 Å². The van der Waals surface area contributed by atoms with Crippen molar-refractivity contribution in [2.24, 2.45) is 0 Å². The highest BCUT2D eigenvalue weighted by molar-refractivity contribution is 9.10. The first-order valence-electron chi connectivity index (χ1n) is 13.4. The normalized spacial score (nSPS) is 17.7. The molecule has 0 saturated carbocycles. The fourth-order valence-corrected chi connectivity index (χ4v) is 6.09. The second-order valence-electron chi connectivity index (χ2n) is 10.2. The third-order valence-corrected chi connectivity index (χ3v) is 8.57. The minimum absolute atomic E-state index is 0.0471. The number of cyclic esters (lactones) is 2. The molecule has 212 valence electrons. The summed E-state index contributed by atoms with van der Waals surface area (Å²) in [5, 5.41) is 2.87. The van der Waals surface area contributed by atoms with Crippen LogP contribution in [0, 0.1) is 0 Å². The summed E-state index contributed by atoms with van der Waals surface area (Å²) in [4.78, 5) is 40.5. The van der Waals surface area contributed by atoms with E-state index in [-0.39, 0.29) is 32.7 Å². The average Bonchev–Trinajstić information content (AvgIpc) is 3.38. The molecule has 1 aliphatic heterocycles. The molecule has 42 heavy (non-hydrogen) atoms. The number of carbonyl (C=O) groups is 3. The molecule has 0 aromatic heterocycles. The molecule has 1 unspecified atom stereocenters. The number of fused-ring (bicyclic) bond motifs is 2. The van der Waals surface area contributed by atoms with Gasteiger partial charge in [-0.05, 0) is 69.3 Å². The summed E-state index contributed by atoms with van der Waals surface area (Å²) >= 11 is 6.98. The monoisotopic (exact) mass is 689 g/mol. The highest BCUT2D eigenvalue weighted by Gasteiger charge is 2.49. The van der Waals surface area contributed by atoms with E-state index in [0.717, 1.165) is 42.3 Å². The molecule has 0 saturated heterocycles. The Bertz CT molecular complexity index is 1670. The molecular weight excluding hydrogens is 666 g/mol. The summed E-state index contributed by atoms with van der Waals surface area (Å²) in [5.41, 5.74) is 4.46. The molecule has 0 fully saturated rings. The maximum atomic E-state index is 13.8. The third kappa shape index (κ3) is 5.58. The number of nitrogens with one attached hydrogen (secondary N) is 1. The molecular formula is C33H25Br2NO6. The summed E-state index contributed by atoms with van der Waals surface area (Å²) in [6, 6.07) is 26.5. The first-order chi connectivity index (χ1) is 20.3. The number of carbonyl (C=O) groups excluding carboxylic acids is 3. The van der Waals surface area contributed by atoms with Gasteiger partial charge in [0.25, 0.3) is 0 Å². The van der Waals surface area contributed by atoms with Crippen LogP contribution in [-0.2, 0) is 38.5 Å². The van der Waals surface area contributed by atoms with Crippen LogP contribution >= 0.6 is 31.9 Å². The van der Waals surface area contributed by atoms with Crippen molar-refractivity contribution >= 4 is 49.9 Å². The molecule has 1 heterocycles. The highest BCUT2D eigenvalue weighted by atomic mass is 79.9. The number of esters is 2. The Kier molecular flexibility index (Phi) is 7.88. The predicted octanol–water partition coefficient (Wildman–Crippen LogP) is 7.02. The van der Waals surface area contributed by atoms with Crippen LogP contribution in [0.4, 0.5) is 4.79 Å². The molecule has 6 rings (SSSR count). The molecule has 3 bridgehead atoms. The molecule has 1 atom stereocenters. The van der Waals surface area contributed by atoms with Crippen LogP contribution in [0.3, 0.4) is 0 Å². The minimum Gasteiger partial charge on any atom is -0.460 e. The van der Waals surface area contributed by atoms with Gasteiger partial charge in [0.05, 0.1) is 5.56 Å². The number of hydrogen-bond donors (Lipinski definition) is 1. The topological polar surface area (TPSA) is 90.9 Å². The van der Waals surface area contributed by atoms with Gasteiger partial charge in [-0.1, -0.05) is 86.5 Å². The van der Waals surface area contributed by atoms with Crippen LogP contribution in [-0.4, -0.2) is 36.8 Å². The van der Waals surface area contributed by atoms with Gasteiger partial charge in [-0.3, -0.25) is 0 Å². The van der Waals surface area contributed by atoms with E-state index in [1.807, 2.05) is 84.9 Å². The third-order valence-electron chi connectivity index (χ3n) is 7.51. The predicted molar refractivity (Wildman–Crippen MR) is 164 cm³/mol. The van der Waals surface area contributed by atoms with Crippen molar-refractivity contribution in [3.63, 3.8) is 0 Å². The Morgan fingerprint density at radius 3 is 2.10 bits per heavy atom. The molecule has 1 N–H and O–H groups in total. The standard InChI is InChI=1S/C33H25Br2NO6/c34-23-10-6-21(7-11-23)25-16-26-29(22-8-12-24(35)13-9-22)28-18-33(17-27(25)28,31(38)41-15-14-40-30(26)37)36-32(39)42-19-20-4-2-1-3-5-20/h1-13,16H,14-15,17-19H2,(H,36,39). The molecule has 1 amide bonds. The van der Waals surface area contributed by atoms with Crippen LogP contribution in [0.15, 0.2) is 93.9 Å². The van der Waals surface area contributed by atoms with Gasteiger partial charge in [0.15, 0.2) is 0 Å². The Morgan fingerprint density at radius 1 is 0.786 bits per heavy atom. The maximum Gasteiger partial charge on any atom is 0.408 e. The molecule has 4 aromatic rings. The Morgan fingerprint density at radius 2 is 1.40 bits per heavy atom. The molecule has 4 aromatic carbocycles. The number of hydrogen-bond acceptors (Lipinski definition) is 6. The quantitative estimate of drug-likeness (QED) is 0.179. The van der Waals surface area contributed by atoms with Crippen LogP contribution in [0.25, 0.3) is 22.3 Å². The molecule has 9 heteroatoms. The zero-order valence-corrected chi connectivity index (χ0v) is 25.5. The van der Waals surface area contributed by atoms with E-state index in [4.69, 9.17) is 14.2 Å². The number of rotatable bonds is 5. The first-order valence-corrected chi connectivity index (χ1v) is 15.0. The smallest absolute Gasteiger partial charge is 0.408 e. The molecule has 7 nitrogen and oxygen atoms in total. The van der Waals surface area contributed by atoms with Crippen molar-refractivity contribution in [1.82, 2.24) is 5.32 Å². The van der Waals surface area contributed by atoms with Crippen molar-refractivity contribution in [3.8, 4) is 22.3 Å². The Hall–Kier alpha value is -3.95. The lowest BCUT2D eigenvalue weighted by Crippen LogP contribution is -2.56. The summed E-state index contributed by atoms with van der Waals surface area (Å²) in [5.74, 6) is -1.13. The van der Waals surface area contributed by atoms with Gasteiger partial charge >= 0.3 is 18.0 Å². The average molecular weight is 691 g/mol. The van der Waals surface area contributed by atoms with Crippen molar-refractivity contribution in [1.29, 1.82) is 0 Å². The number of benzene rings is 4. The van der Waals surface area contributed by atoms with E-state index in [1.54, 1.807) is 0 Å². The number of ether oxygens (including phenoxy) is 3. The second kappa shape index (κ2) is 11.7. The molecule has 0 spiro atoms. The fraction of sp³-hybridized carbons (Fsp3) is 0.182. The van der Waals surface area contributed by atoms with Crippen molar-refractivity contribution in [2.75, 3.05) is 13.2 Å². The van der Waals surface area contributed by atoms with E-state index in [2.05, 4.69) is 37.2 Å². The summed E-state index contributed by atoms with van der Waals surface area (Å²) in [6.07, 6.45) is -0.467. The van der Waals surface area contributed by atoms with Crippen LogP contribution in [0.1, 0.15) is 27.0 Å². The molecule has 1 aliphatic carbocycles. The largest absolute Gasteiger partial charge is 0.460 e. The fourth-order valence-electron chi connectivity index (χ4n) is 5.56. The van der Waals surface area contributed by atoms with Gasteiger partial charge < -0.3 is 19.5 Å². The van der Waals surface area contributed by atoms with Crippen LogP contribution in [0.5, 0.6) is 0 Å². The lowest BCUT2D eigenvalue weighted by atomic mass is 9.86. The number of halogens is 2. The van der Waals surface area contributed by atoms with Gasteiger partial charge in [0.2, 0.25) is 0 Å². The Balaban J connectivity index is 1.50. The van der Waals surface area contributed by atoms with Crippen molar-refractivity contribution < 1.29 is 28.6 Å². The van der Waals surface area contributed by atoms with Crippen molar-refractivity contribution in [2.45, 2.75) is 25.0 Å². The van der Waals surface area contributed by atoms with E-state index in [1.165, 1.54) is 0 Å². The second-order valence-corrected chi connectivity index (χ2v) is 12.0. The molecule has 2 aliphatic rings. The van der Waals surface area contributed by atoms with Gasteiger partial charge in [-0.2, -0.15) is 0 Å². The van der Waals surface area contributed by atoms with E-state index >= 15 is 0 Å². The van der Waals surface area contributed by atoms with Crippen LogP contribution < -0.4 is 5.32 Å². The maximum absolute atomic E-state index is 13.8. The van der Waals surface area contributed by atoms with E-state index < -0.39 is 23.6 Å². The van der Waals surface area contributed by atoms with Crippen molar-refractivity contribution in [3.05, 3.63) is 116 Å². The number of alkyl carbamates (subject to hydrolysis) is 1. The molecule has 0 radical (unpaired) electrons. The zero-order valence-electron chi connectivity index (χ0n) is 22.3. The van der Waals surface area contributed by atoms with Crippen LogP contribution in [0.2, 0.25) is 0 Å². The summed E-state index contributed by atoms with van der Waals surface area (Å²) in [7, 11) is 0. The minimum atomic E-state index is -1.45.